The first kappa shape index (κ1) is 26.5. The van der Waals surface area contributed by atoms with Gasteiger partial charge in [0, 0.05) is 39.8 Å². The Labute approximate surface area is 221 Å². The standard InChI is InChI=1S/C30H46N4O3/c1-3-32-27-15-9-10-16-28(27)34(30(32)36)26-17-19-31(20-23-12-7-5-4-6-8-13-23)21-25(26)29(35)33-18-11-14-24(33)22-37-2/h9-10,15-16,23-26H,3-8,11-14,17-22H2,1-2H3/t24-,25-,26-/m0/s1. The lowest BCUT2D eigenvalue weighted by atomic mass is 9.87. The minimum absolute atomic E-state index is 0.0230. The highest BCUT2D eigenvalue weighted by molar-refractivity contribution is 5.81. The Kier molecular flexibility index (Phi) is 8.71. The van der Waals surface area contributed by atoms with Crippen molar-refractivity contribution in [3.05, 3.63) is 34.7 Å². The molecule has 2 saturated heterocycles. The van der Waals surface area contributed by atoms with Gasteiger partial charge in [0.25, 0.3) is 0 Å². The molecule has 0 unspecified atom stereocenters. The van der Waals surface area contributed by atoms with E-state index in [-0.39, 0.29) is 29.6 Å². The summed E-state index contributed by atoms with van der Waals surface area (Å²) < 4.78 is 9.31. The number of carbonyl (C=O) groups is 1. The third-order valence-corrected chi connectivity index (χ3v) is 9.25. The van der Waals surface area contributed by atoms with Crippen LogP contribution in [0.5, 0.6) is 0 Å². The maximum atomic E-state index is 14.3. The van der Waals surface area contributed by atoms with Crippen LogP contribution >= 0.6 is 0 Å². The molecule has 1 saturated carbocycles. The molecule has 0 bridgehead atoms. The third kappa shape index (κ3) is 5.53. The van der Waals surface area contributed by atoms with Gasteiger partial charge in [-0.3, -0.25) is 13.9 Å². The minimum atomic E-state index is -0.214. The second-order valence-corrected chi connectivity index (χ2v) is 11.6. The molecule has 5 rings (SSSR count). The van der Waals surface area contributed by atoms with Crippen LogP contribution in [-0.4, -0.2) is 70.8 Å². The molecule has 2 aromatic rings. The Balaban J connectivity index is 1.45. The second kappa shape index (κ2) is 12.2. The molecule has 1 amide bonds. The lowest BCUT2D eigenvalue weighted by Crippen LogP contribution is -2.52. The van der Waals surface area contributed by atoms with Crippen LogP contribution in [0.4, 0.5) is 0 Å². The van der Waals surface area contributed by atoms with E-state index >= 15 is 0 Å². The van der Waals surface area contributed by atoms with E-state index in [9.17, 15) is 9.59 Å². The van der Waals surface area contributed by atoms with E-state index in [1.807, 2.05) is 34.3 Å². The molecule has 1 aromatic heterocycles. The number of amides is 1. The van der Waals surface area contributed by atoms with E-state index in [1.54, 1.807) is 7.11 Å². The van der Waals surface area contributed by atoms with Crippen molar-refractivity contribution in [2.24, 2.45) is 11.8 Å². The zero-order valence-electron chi connectivity index (χ0n) is 22.9. The number of hydrogen-bond donors (Lipinski definition) is 0. The van der Waals surface area contributed by atoms with E-state index in [1.165, 1.54) is 44.9 Å². The van der Waals surface area contributed by atoms with Gasteiger partial charge in [0.2, 0.25) is 5.91 Å². The van der Waals surface area contributed by atoms with Gasteiger partial charge in [-0.15, -0.1) is 0 Å². The van der Waals surface area contributed by atoms with E-state index in [4.69, 9.17) is 4.74 Å². The van der Waals surface area contributed by atoms with Gasteiger partial charge >= 0.3 is 5.69 Å². The molecule has 7 heteroatoms. The summed E-state index contributed by atoms with van der Waals surface area (Å²) in [5, 5.41) is 0. The third-order valence-electron chi connectivity index (χ3n) is 9.25. The monoisotopic (exact) mass is 510 g/mol. The van der Waals surface area contributed by atoms with Crippen molar-refractivity contribution in [2.45, 2.75) is 89.8 Å². The van der Waals surface area contributed by atoms with Crippen LogP contribution < -0.4 is 5.69 Å². The maximum Gasteiger partial charge on any atom is 0.329 e. The first-order valence-corrected chi connectivity index (χ1v) is 14.8. The lowest BCUT2D eigenvalue weighted by molar-refractivity contribution is -0.141. The summed E-state index contributed by atoms with van der Waals surface area (Å²) in [4.78, 5) is 32.6. The van der Waals surface area contributed by atoms with Crippen molar-refractivity contribution < 1.29 is 9.53 Å². The van der Waals surface area contributed by atoms with Gasteiger partial charge in [0.05, 0.1) is 35.6 Å². The fraction of sp³-hybridized carbons (Fsp3) is 0.733. The van der Waals surface area contributed by atoms with Crippen LogP contribution in [0, 0.1) is 11.8 Å². The van der Waals surface area contributed by atoms with Crippen molar-refractivity contribution >= 4 is 16.9 Å². The summed E-state index contributed by atoms with van der Waals surface area (Å²) >= 11 is 0. The molecule has 0 spiro atoms. The number of aromatic nitrogens is 2. The first-order valence-electron chi connectivity index (χ1n) is 14.8. The molecule has 204 valence electrons. The van der Waals surface area contributed by atoms with Crippen molar-refractivity contribution in [1.29, 1.82) is 0 Å². The van der Waals surface area contributed by atoms with Crippen LogP contribution in [0.25, 0.3) is 11.0 Å². The first-order chi connectivity index (χ1) is 18.1. The number of piperidine rings is 1. The van der Waals surface area contributed by atoms with Gasteiger partial charge in [-0.05, 0) is 57.1 Å². The van der Waals surface area contributed by atoms with E-state index in [2.05, 4.69) is 15.9 Å². The van der Waals surface area contributed by atoms with Gasteiger partial charge in [-0.2, -0.15) is 0 Å². The van der Waals surface area contributed by atoms with Gasteiger partial charge in [-0.1, -0.05) is 44.2 Å². The Morgan fingerprint density at radius 2 is 1.68 bits per heavy atom. The van der Waals surface area contributed by atoms with Crippen molar-refractivity contribution in [3.8, 4) is 0 Å². The second-order valence-electron chi connectivity index (χ2n) is 11.6. The molecule has 0 radical (unpaired) electrons. The van der Waals surface area contributed by atoms with Crippen molar-refractivity contribution in [3.63, 3.8) is 0 Å². The Hall–Kier alpha value is -2.12. The van der Waals surface area contributed by atoms with E-state index in [0.29, 0.717) is 13.2 Å². The summed E-state index contributed by atoms with van der Waals surface area (Å²) in [5.41, 5.74) is 1.95. The number of rotatable bonds is 7. The fourth-order valence-corrected chi connectivity index (χ4v) is 7.38. The number of para-hydroxylation sites is 2. The van der Waals surface area contributed by atoms with Crippen molar-refractivity contribution in [1.82, 2.24) is 18.9 Å². The maximum absolute atomic E-state index is 14.3. The number of nitrogens with zero attached hydrogens (tertiary/aromatic N) is 4. The predicted octanol–water partition coefficient (Wildman–Crippen LogP) is 4.68. The van der Waals surface area contributed by atoms with Crippen LogP contribution in [-0.2, 0) is 16.1 Å². The summed E-state index contributed by atoms with van der Waals surface area (Å²) in [5.74, 6) is 0.728. The summed E-state index contributed by atoms with van der Waals surface area (Å²) in [7, 11) is 1.72. The Bertz CT molecular complexity index is 1100. The number of imidazole rings is 1. The molecule has 37 heavy (non-hydrogen) atoms. The molecular weight excluding hydrogens is 464 g/mol. The minimum Gasteiger partial charge on any atom is -0.383 e. The molecule has 3 fully saturated rings. The highest BCUT2D eigenvalue weighted by Crippen LogP contribution is 2.35. The number of ether oxygens (including phenoxy) is 1. The summed E-state index contributed by atoms with van der Waals surface area (Å²) in [6.45, 7) is 6.82. The normalized spacial score (nSPS) is 26.4. The zero-order chi connectivity index (χ0) is 25.8. The Morgan fingerprint density at radius 1 is 0.946 bits per heavy atom. The van der Waals surface area contributed by atoms with Crippen molar-refractivity contribution in [2.75, 3.05) is 39.9 Å². The molecule has 3 heterocycles. The van der Waals surface area contributed by atoms with Gasteiger partial charge < -0.3 is 14.5 Å². The Morgan fingerprint density at radius 3 is 2.41 bits per heavy atom. The van der Waals surface area contributed by atoms with E-state index in [0.717, 1.165) is 62.4 Å². The van der Waals surface area contributed by atoms with E-state index < -0.39 is 0 Å². The number of hydrogen-bond acceptors (Lipinski definition) is 4. The number of aryl methyl sites for hydroxylation is 1. The average Bonchev–Trinajstić information content (AvgIpc) is 3.46. The average molecular weight is 511 g/mol. The van der Waals surface area contributed by atoms with Crippen LogP contribution in [0.3, 0.4) is 0 Å². The summed E-state index contributed by atoms with van der Waals surface area (Å²) in [6.07, 6.45) is 12.3. The number of fused-ring (bicyclic) bond motifs is 1. The topological polar surface area (TPSA) is 59.7 Å². The predicted molar refractivity (Wildman–Crippen MR) is 148 cm³/mol. The molecule has 2 aliphatic heterocycles. The molecular formula is C30H46N4O3. The number of benzene rings is 1. The molecule has 1 aliphatic carbocycles. The highest BCUT2D eigenvalue weighted by atomic mass is 16.5. The molecule has 3 aliphatic rings. The number of carbonyl (C=O) groups excluding carboxylic acids is 1. The SMILES string of the molecule is CCn1c(=O)n([C@H]2CCN(CC3CCCCCCC3)C[C@@H]2C(=O)N2CCC[C@H]2COC)c2ccccc21. The van der Waals surface area contributed by atoms with Gasteiger partial charge in [-0.25, -0.2) is 4.79 Å². The largest absolute Gasteiger partial charge is 0.383 e. The fourth-order valence-electron chi connectivity index (χ4n) is 7.38. The highest BCUT2D eigenvalue weighted by Gasteiger charge is 2.42. The molecule has 7 nitrogen and oxygen atoms in total. The van der Waals surface area contributed by atoms with Crippen LogP contribution in [0.1, 0.15) is 77.2 Å². The lowest BCUT2D eigenvalue weighted by Gasteiger charge is -2.42. The smallest absolute Gasteiger partial charge is 0.329 e. The molecule has 3 atom stereocenters. The molecule has 0 N–H and O–H groups in total. The zero-order valence-corrected chi connectivity index (χ0v) is 22.9. The van der Waals surface area contributed by atoms with Gasteiger partial charge in [0.1, 0.15) is 0 Å². The van der Waals surface area contributed by atoms with Crippen LogP contribution in [0.2, 0.25) is 0 Å². The number of likely N-dealkylation sites (tertiary alicyclic amines) is 2. The van der Waals surface area contributed by atoms with Crippen LogP contribution in [0.15, 0.2) is 29.1 Å². The molecule has 1 aromatic carbocycles. The van der Waals surface area contributed by atoms with Gasteiger partial charge in [0.15, 0.2) is 0 Å². The number of methoxy groups -OCH3 is 1. The summed E-state index contributed by atoms with van der Waals surface area (Å²) in [6, 6.07) is 8.12. The quantitative estimate of drug-likeness (QED) is 0.543.